The monoisotopic (exact) mass is 296 g/mol. The SMILES string of the molecule is NNC(Cc1ccccc1)c1csc(Br)c1. The van der Waals surface area contributed by atoms with Gasteiger partial charge in [0.15, 0.2) is 0 Å². The number of nitrogens with one attached hydrogen (secondary N) is 1. The first-order valence-corrected chi connectivity index (χ1v) is 6.71. The average molecular weight is 297 g/mol. The summed E-state index contributed by atoms with van der Waals surface area (Å²) in [5.41, 5.74) is 5.38. The fraction of sp³-hybridized carbons (Fsp3) is 0.167. The average Bonchev–Trinajstić information content (AvgIpc) is 2.74. The Kier molecular flexibility index (Phi) is 4.12. The largest absolute Gasteiger partial charge is 0.271 e. The van der Waals surface area contributed by atoms with Crippen LogP contribution in [0.2, 0.25) is 0 Å². The molecular weight excluding hydrogens is 284 g/mol. The highest BCUT2D eigenvalue weighted by atomic mass is 79.9. The molecule has 0 saturated carbocycles. The third kappa shape index (κ3) is 2.92. The minimum Gasteiger partial charge on any atom is -0.271 e. The van der Waals surface area contributed by atoms with Crippen LogP contribution in [0.15, 0.2) is 45.6 Å². The van der Waals surface area contributed by atoms with Gasteiger partial charge in [0.25, 0.3) is 0 Å². The maximum absolute atomic E-state index is 5.60. The highest BCUT2D eigenvalue weighted by Gasteiger charge is 2.11. The van der Waals surface area contributed by atoms with E-state index < -0.39 is 0 Å². The van der Waals surface area contributed by atoms with Crippen molar-refractivity contribution in [3.63, 3.8) is 0 Å². The molecule has 0 radical (unpaired) electrons. The molecule has 1 unspecified atom stereocenters. The van der Waals surface area contributed by atoms with Gasteiger partial charge in [-0.15, -0.1) is 11.3 Å². The predicted molar refractivity (Wildman–Crippen MR) is 72.2 cm³/mol. The first kappa shape index (κ1) is 11.8. The summed E-state index contributed by atoms with van der Waals surface area (Å²) >= 11 is 5.14. The summed E-state index contributed by atoms with van der Waals surface area (Å²) in [4.78, 5) is 0. The standard InChI is InChI=1S/C12H13BrN2S/c13-12-7-10(8-16-12)11(15-14)6-9-4-2-1-3-5-9/h1-5,7-8,11,15H,6,14H2. The van der Waals surface area contributed by atoms with Crippen molar-refractivity contribution in [2.45, 2.75) is 12.5 Å². The molecule has 0 amide bonds. The van der Waals surface area contributed by atoms with Gasteiger partial charge in [-0.2, -0.15) is 0 Å². The Labute approximate surface area is 108 Å². The predicted octanol–water partition coefficient (Wildman–Crippen LogP) is 3.26. The van der Waals surface area contributed by atoms with Crippen molar-refractivity contribution < 1.29 is 0 Å². The Morgan fingerprint density at radius 3 is 2.62 bits per heavy atom. The first-order valence-electron chi connectivity index (χ1n) is 5.03. The summed E-state index contributed by atoms with van der Waals surface area (Å²) in [5, 5.41) is 2.12. The van der Waals surface area contributed by atoms with E-state index >= 15 is 0 Å². The van der Waals surface area contributed by atoms with Crippen molar-refractivity contribution in [2.24, 2.45) is 5.84 Å². The van der Waals surface area contributed by atoms with Gasteiger partial charge in [-0.05, 0) is 44.9 Å². The molecule has 1 aromatic heterocycles. The lowest BCUT2D eigenvalue weighted by Gasteiger charge is -2.14. The Morgan fingerprint density at radius 2 is 2.06 bits per heavy atom. The number of hydrazine groups is 1. The Balaban J connectivity index is 2.12. The van der Waals surface area contributed by atoms with Crippen LogP contribution in [0, 0.1) is 0 Å². The van der Waals surface area contributed by atoms with Gasteiger partial charge in [-0.25, -0.2) is 0 Å². The summed E-state index contributed by atoms with van der Waals surface area (Å²) in [5.74, 6) is 5.60. The van der Waals surface area contributed by atoms with Crippen molar-refractivity contribution in [3.05, 3.63) is 56.7 Å². The van der Waals surface area contributed by atoms with Crippen LogP contribution in [0.3, 0.4) is 0 Å². The number of hydrogen-bond donors (Lipinski definition) is 2. The molecule has 2 aromatic rings. The summed E-state index contributed by atoms with van der Waals surface area (Å²) in [7, 11) is 0. The molecular formula is C12H13BrN2S. The topological polar surface area (TPSA) is 38.0 Å². The van der Waals surface area contributed by atoms with E-state index in [9.17, 15) is 0 Å². The third-order valence-electron chi connectivity index (χ3n) is 2.47. The van der Waals surface area contributed by atoms with Gasteiger partial charge in [0.2, 0.25) is 0 Å². The quantitative estimate of drug-likeness (QED) is 0.671. The van der Waals surface area contributed by atoms with Gasteiger partial charge in [-0.1, -0.05) is 30.3 Å². The molecule has 0 spiro atoms. The van der Waals surface area contributed by atoms with E-state index in [4.69, 9.17) is 5.84 Å². The zero-order valence-electron chi connectivity index (χ0n) is 8.69. The van der Waals surface area contributed by atoms with Gasteiger partial charge in [0, 0.05) is 0 Å². The van der Waals surface area contributed by atoms with Crippen LogP contribution in [-0.4, -0.2) is 0 Å². The van der Waals surface area contributed by atoms with Crippen molar-refractivity contribution in [3.8, 4) is 0 Å². The lowest BCUT2D eigenvalue weighted by molar-refractivity contribution is 0.553. The second-order valence-electron chi connectivity index (χ2n) is 3.59. The molecule has 0 aliphatic rings. The summed E-state index contributed by atoms with van der Waals surface area (Å²) in [6.45, 7) is 0. The zero-order valence-corrected chi connectivity index (χ0v) is 11.1. The van der Waals surface area contributed by atoms with Crippen molar-refractivity contribution in [2.75, 3.05) is 0 Å². The lowest BCUT2D eigenvalue weighted by atomic mass is 10.0. The minimum atomic E-state index is 0.171. The fourth-order valence-electron chi connectivity index (χ4n) is 1.63. The molecule has 0 aliphatic carbocycles. The molecule has 0 fully saturated rings. The molecule has 4 heteroatoms. The number of benzene rings is 1. The van der Waals surface area contributed by atoms with E-state index in [1.54, 1.807) is 11.3 Å². The molecule has 84 valence electrons. The van der Waals surface area contributed by atoms with Crippen molar-refractivity contribution in [1.29, 1.82) is 0 Å². The summed E-state index contributed by atoms with van der Waals surface area (Å²) in [6.07, 6.45) is 0.903. The number of hydrogen-bond acceptors (Lipinski definition) is 3. The van der Waals surface area contributed by atoms with Gasteiger partial charge < -0.3 is 0 Å². The van der Waals surface area contributed by atoms with E-state index in [1.807, 2.05) is 18.2 Å². The normalized spacial score (nSPS) is 12.6. The van der Waals surface area contributed by atoms with Gasteiger partial charge in [0.05, 0.1) is 9.83 Å². The summed E-state index contributed by atoms with van der Waals surface area (Å²) < 4.78 is 1.14. The fourth-order valence-corrected chi connectivity index (χ4v) is 2.86. The number of rotatable bonds is 4. The molecule has 2 nitrogen and oxygen atoms in total. The second kappa shape index (κ2) is 5.59. The van der Waals surface area contributed by atoms with Gasteiger partial charge in [0.1, 0.15) is 0 Å². The minimum absolute atomic E-state index is 0.171. The van der Waals surface area contributed by atoms with Crippen molar-refractivity contribution >= 4 is 27.3 Å². The maximum atomic E-state index is 5.60. The number of nitrogens with two attached hydrogens (primary N) is 1. The smallest absolute Gasteiger partial charge is 0.0701 e. The molecule has 0 aliphatic heterocycles. The molecule has 3 N–H and O–H groups in total. The number of halogens is 1. The van der Waals surface area contributed by atoms with Crippen LogP contribution in [0.1, 0.15) is 17.2 Å². The summed E-state index contributed by atoms with van der Waals surface area (Å²) in [6, 6.07) is 12.6. The van der Waals surface area contributed by atoms with Crippen molar-refractivity contribution in [1.82, 2.24) is 5.43 Å². The van der Waals surface area contributed by atoms with Crippen LogP contribution in [0.5, 0.6) is 0 Å². The molecule has 0 saturated heterocycles. The molecule has 1 aromatic carbocycles. The Hall–Kier alpha value is -0.680. The van der Waals surface area contributed by atoms with E-state index in [-0.39, 0.29) is 6.04 Å². The van der Waals surface area contributed by atoms with Crippen LogP contribution in [-0.2, 0) is 6.42 Å². The van der Waals surface area contributed by atoms with E-state index in [0.717, 1.165) is 10.2 Å². The van der Waals surface area contributed by atoms with Crippen LogP contribution in [0.4, 0.5) is 0 Å². The zero-order chi connectivity index (χ0) is 11.4. The second-order valence-corrected chi connectivity index (χ2v) is 5.88. The van der Waals surface area contributed by atoms with E-state index in [1.165, 1.54) is 11.1 Å². The Bertz CT molecular complexity index is 441. The van der Waals surface area contributed by atoms with Crippen LogP contribution in [0.25, 0.3) is 0 Å². The highest BCUT2D eigenvalue weighted by molar-refractivity contribution is 9.11. The highest BCUT2D eigenvalue weighted by Crippen LogP contribution is 2.26. The number of thiophene rings is 1. The molecule has 2 rings (SSSR count). The maximum Gasteiger partial charge on any atom is 0.0701 e. The van der Waals surface area contributed by atoms with Gasteiger partial charge in [-0.3, -0.25) is 11.3 Å². The van der Waals surface area contributed by atoms with E-state index in [0.29, 0.717) is 0 Å². The first-order chi connectivity index (χ1) is 7.79. The molecule has 16 heavy (non-hydrogen) atoms. The van der Waals surface area contributed by atoms with Crippen LogP contribution < -0.4 is 11.3 Å². The molecule has 1 atom stereocenters. The molecule has 1 heterocycles. The van der Waals surface area contributed by atoms with Gasteiger partial charge >= 0.3 is 0 Å². The van der Waals surface area contributed by atoms with E-state index in [2.05, 4.69) is 44.9 Å². The van der Waals surface area contributed by atoms with Crippen LogP contribution >= 0.6 is 27.3 Å². The Morgan fingerprint density at radius 1 is 1.31 bits per heavy atom. The lowest BCUT2D eigenvalue weighted by Crippen LogP contribution is -2.29. The molecule has 0 bridgehead atoms. The third-order valence-corrected chi connectivity index (χ3v) is 4.00.